The minimum Gasteiger partial charge on any atom is -0.339 e. The van der Waals surface area contributed by atoms with Gasteiger partial charge in [0.2, 0.25) is 11.8 Å². The summed E-state index contributed by atoms with van der Waals surface area (Å²) in [5, 5.41) is 0. The first-order chi connectivity index (χ1) is 9.24. The van der Waals surface area contributed by atoms with Crippen molar-refractivity contribution >= 4 is 11.8 Å². The fourth-order valence-corrected chi connectivity index (χ4v) is 3.36. The molecule has 0 N–H and O–H groups in total. The van der Waals surface area contributed by atoms with Gasteiger partial charge in [0.25, 0.3) is 0 Å². The zero-order valence-corrected chi connectivity index (χ0v) is 11.6. The summed E-state index contributed by atoms with van der Waals surface area (Å²) in [6.07, 6.45) is 7.91. The predicted octanol–water partition coefficient (Wildman–Crippen LogP) is 1.65. The van der Waals surface area contributed by atoms with Gasteiger partial charge in [0.1, 0.15) is 0 Å². The molecule has 0 atom stereocenters. The monoisotopic (exact) mass is 264 g/mol. The minimum absolute atomic E-state index is 0.306. The third kappa shape index (κ3) is 3.10. The molecule has 1 saturated heterocycles. The van der Waals surface area contributed by atoms with E-state index in [9.17, 15) is 9.59 Å². The maximum absolute atomic E-state index is 12.2. The Morgan fingerprint density at radius 2 is 1.42 bits per heavy atom. The Labute approximate surface area is 115 Å². The van der Waals surface area contributed by atoms with Crippen molar-refractivity contribution in [2.75, 3.05) is 26.2 Å². The van der Waals surface area contributed by atoms with E-state index in [0.29, 0.717) is 23.7 Å². The molecule has 3 fully saturated rings. The molecule has 4 heteroatoms. The van der Waals surface area contributed by atoms with Crippen LogP contribution in [0.4, 0.5) is 0 Å². The SMILES string of the molecule is O=C(CC1CCCC1)N1CCN(C(=O)C2CC2)CC1. The number of carbonyl (C=O) groups is 2. The summed E-state index contributed by atoms with van der Waals surface area (Å²) in [4.78, 5) is 28.1. The second kappa shape index (κ2) is 5.51. The van der Waals surface area contributed by atoms with Gasteiger partial charge >= 0.3 is 0 Å². The first-order valence-corrected chi connectivity index (χ1v) is 7.80. The van der Waals surface area contributed by atoms with E-state index < -0.39 is 0 Å². The first-order valence-electron chi connectivity index (χ1n) is 7.80. The van der Waals surface area contributed by atoms with E-state index in [2.05, 4.69) is 0 Å². The van der Waals surface area contributed by atoms with Crippen molar-refractivity contribution in [3.05, 3.63) is 0 Å². The van der Waals surface area contributed by atoms with Crippen LogP contribution in [0.1, 0.15) is 44.9 Å². The molecule has 0 bridgehead atoms. The van der Waals surface area contributed by atoms with Crippen LogP contribution in [0.25, 0.3) is 0 Å². The normalized spacial score (nSPS) is 24.8. The lowest BCUT2D eigenvalue weighted by Gasteiger charge is -2.35. The van der Waals surface area contributed by atoms with Gasteiger partial charge < -0.3 is 9.80 Å². The van der Waals surface area contributed by atoms with E-state index in [0.717, 1.165) is 45.4 Å². The quantitative estimate of drug-likeness (QED) is 0.777. The molecule has 2 saturated carbocycles. The fourth-order valence-electron chi connectivity index (χ4n) is 3.36. The van der Waals surface area contributed by atoms with Crippen LogP contribution < -0.4 is 0 Å². The summed E-state index contributed by atoms with van der Waals surface area (Å²) in [5.74, 6) is 1.56. The maximum atomic E-state index is 12.2. The molecule has 0 radical (unpaired) electrons. The topological polar surface area (TPSA) is 40.6 Å². The summed E-state index contributed by atoms with van der Waals surface area (Å²) in [5.41, 5.74) is 0. The number of amides is 2. The molecule has 0 aromatic heterocycles. The lowest BCUT2D eigenvalue weighted by atomic mass is 10.0. The van der Waals surface area contributed by atoms with E-state index in [1.54, 1.807) is 0 Å². The highest BCUT2D eigenvalue weighted by atomic mass is 16.2. The summed E-state index contributed by atoms with van der Waals surface area (Å²) in [6, 6.07) is 0. The van der Waals surface area contributed by atoms with Crippen LogP contribution in [0.15, 0.2) is 0 Å². The van der Waals surface area contributed by atoms with Crippen LogP contribution in [0.3, 0.4) is 0 Å². The van der Waals surface area contributed by atoms with Crippen molar-refractivity contribution in [2.24, 2.45) is 11.8 Å². The van der Waals surface area contributed by atoms with Gasteiger partial charge in [-0.05, 0) is 31.6 Å². The van der Waals surface area contributed by atoms with E-state index in [1.165, 1.54) is 25.7 Å². The van der Waals surface area contributed by atoms with E-state index in [-0.39, 0.29) is 0 Å². The first kappa shape index (κ1) is 12.9. The summed E-state index contributed by atoms with van der Waals surface area (Å²) >= 11 is 0. The Morgan fingerprint density at radius 3 is 2.00 bits per heavy atom. The molecular weight excluding hydrogens is 240 g/mol. The van der Waals surface area contributed by atoms with Gasteiger partial charge in [-0.3, -0.25) is 9.59 Å². The van der Waals surface area contributed by atoms with Crippen LogP contribution in [-0.4, -0.2) is 47.8 Å². The molecule has 106 valence electrons. The van der Waals surface area contributed by atoms with Gasteiger partial charge in [-0.2, -0.15) is 0 Å². The highest BCUT2D eigenvalue weighted by Gasteiger charge is 2.35. The number of piperazine rings is 1. The van der Waals surface area contributed by atoms with Crippen molar-refractivity contribution in [1.82, 2.24) is 9.80 Å². The van der Waals surface area contributed by atoms with Crippen molar-refractivity contribution in [3.63, 3.8) is 0 Å². The molecule has 2 aliphatic carbocycles. The largest absolute Gasteiger partial charge is 0.339 e. The van der Waals surface area contributed by atoms with E-state index in [1.807, 2.05) is 9.80 Å². The number of hydrogen-bond donors (Lipinski definition) is 0. The van der Waals surface area contributed by atoms with E-state index in [4.69, 9.17) is 0 Å². The molecule has 3 aliphatic rings. The highest BCUT2D eigenvalue weighted by Crippen LogP contribution is 2.31. The number of carbonyl (C=O) groups excluding carboxylic acids is 2. The summed E-state index contributed by atoms with van der Waals surface area (Å²) in [6.45, 7) is 2.96. The molecule has 1 aliphatic heterocycles. The number of hydrogen-bond acceptors (Lipinski definition) is 2. The fraction of sp³-hybridized carbons (Fsp3) is 0.867. The molecular formula is C15H24N2O2. The standard InChI is InChI=1S/C15H24N2O2/c18-14(11-12-3-1-2-4-12)16-7-9-17(10-8-16)15(19)13-5-6-13/h12-13H,1-11H2. The third-order valence-corrected chi connectivity index (χ3v) is 4.81. The highest BCUT2D eigenvalue weighted by molar-refractivity contribution is 5.81. The summed E-state index contributed by atoms with van der Waals surface area (Å²) in [7, 11) is 0. The second-order valence-electron chi connectivity index (χ2n) is 6.33. The van der Waals surface area contributed by atoms with Crippen LogP contribution in [0, 0.1) is 11.8 Å². The number of rotatable bonds is 3. The van der Waals surface area contributed by atoms with Gasteiger partial charge in [-0.15, -0.1) is 0 Å². The van der Waals surface area contributed by atoms with Gasteiger partial charge in [-0.25, -0.2) is 0 Å². The molecule has 4 nitrogen and oxygen atoms in total. The third-order valence-electron chi connectivity index (χ3n) is 4.81. The smallest absolute Gasteiger partial charge is 0.225 e. The lowest BCUT2D eigenvalue weighted by molar-refractivity contribution is -0.140. The molecule has 3 rings (SSSR count). The average Bonchev–Trinajstić information content (AvgIpc) is 3.17. The zero-order valence-electron chi connectivity index (χ0n) is 11.6. The predicted molar refractivity (Wildman–Crippen MR) is 72.5 cm³/mol. The Morgan fingerprint density at radius 1 is 0.842 bits per heavy atom. The van der Waals surface area contributed by atoms with Crippen molar-refractivity contribution in [2.45, 2.75) is 44.9 Å². The summed E-state index contributed by atoms with van der Waals surface area (Å²) < 4.78 is 0. The molecule has 19 heavy (non-hydrogen) atoms. The molecule has 0 unspecified atom stereocenters. The van der Waals surface area contributed by atoms with Gasteiger partial charge in [0, 0.05) is 38.5 Å². The molecule has 0 aromatic rings. The number of nitrogens with zero attached hydrogens (tertiary/aromatic N) is 2. The zero-order chi connectivity index (χ0) is 13.2. The van der Waals surface area contributed by atoms with Crippen LogP contribution in [0.5, 0.6) is 0 Å². The van der Waals surface area contributed by atoms with Gasteiger partial charge in [0.05, 0.1) is 0 Å². The van der Waals surface area contributed by atoms with Crippen LogP contribution >= 0.6 is 0 Å². The van der Waals surface area contributed by atoms with Crippen molar-refractivity contribution < 1.29 is 9.59 Å². The molecule has 0 spiro atoms. The van der Waals surface area contributed by atoms with Crippen molar-refractivity contribution in [1.29, 1.82) is 0 Å². The Bertz CT molecular complexity index is 351. The Kier molecular flexibility index (Phi) is 3.76. The van der Waals surface area contributed by atoms with Crippen LogP contribution in [0.2, 0.25) is 0 Å². The van der Waals surface area contributed by atoms with E-state index >= 15 is 0 Å². The Balaban J connectivity index is 1.43. The van der Waals surface area contributed by atoms with Crippen molar-refractivity contribution in [3.8, 4) is 0 Å². The molecule has 2 amide bonds. The maximum Gasteiger partial charge on any atom is 0.225 e. The average molecular weight is 264 g/mol. The Hall–Kier alpha value is -1.06. The lowest BCUT2D eigenvalue weighted by Crippen LogP contribution is -2.51. The van der Waals surface area contributed by atoms with Gasteiger partial charge in [-0.1, -0.05) is 12.8 Å². The second-order valence-corrected chi connectivity index (χ2v) is 6.33. The minimum atomic E-state index is 0.306. The molecule has 1 heterocycles. The molecule has 0 aromatic carbocycles. The van der Waals surface area contributed by atoms with Gasteiger partial charge in [0.15, 0.2) is 0 Å². The van der Waals surface area contributed by atoms with Crippen LogP contribution in [-0.2, 0) is 9.59 Å².